The standard InChI is InChI=1S/C16H17NO5S2/c1-9-4-5-11(6-10(9)2)14(16(19)20)17-15(18)13-7-12(8-23-13)24(3,21)22/h4-8,14H,1-3H3,(H,17,18)(H,19,20). The van der Waals surface area contributed by atoms with Crippen molar-refractivity contribution in [1.82, 2.24) is 5.32 Å². The van der Waals surface area contributed by atoms with Crippen LogP contribution in [-0.2, 0) is 14.6 Å². The summed E-state index contributed by atoms with van der Waals surface area (Å²) < 4.78 is 22.9. The van der Waals surface area contributed by atoms with E-state index in [0.29, 0.717) is 5.56 Å². The van der Waals surface area contributed by atoms with Crippen LogP contribution in [0.1, 0.15) is 32.4 Å². The zero-order valence-electron chi connectivity index (χ0n) is 13.4. The SMILES string of the molecule is Cc1ccc(C(NC(=O)c2cc(S(C)(=O)=O)cs2)C(=O)O)cc1C. The Labute approximate surface area is 144 Å². The van der Waals surface area contributed by atoms with E-state index in [4.69, 9.17) is 0 Å². The number of thiophene rings is 1. The molecule has 1 heterocycles. The minimum absolute atomic E-state index is 0.0377. The highest BCUT2D eigenvalue weighted by atomic mass is 32.2. The molecule has 1 atom stereocenters. The summed E-state index contributed by atoms with van der Waals surface area (Å²) >= 11 is 0.955. The zero-order chi connectivity index (χ0) is 18.1. The van der Waals surface area contributed by atoms with Crippen LogP contribution < -0.4 is 5.32 Å². The Balaban J connectivity index is 2.27. The number of carboxylic acid groups (broad SMARTS) is 1. The molecule has 0 saturated heterocycles. The van der Waals surface area contributed by atoms with E-state index in [1.807, 2.05) is 13.8 Å². The summed E-state index contributed by atoms with van der Waals surface area (Å²) in [5.41, 5.74) is 2.40. The van der Waals surface area contributed by atoms with Gasteiger partial charge in [0.2, 0.25) is 0 Å². The highest BCUT2D eigenvalue weighted by Crippen LogP contribution is 2.22. The molecule has 1 aromatic heterocycles. The first-order valence-electron chi connectivity index (χ1n) is 6.99. The molecule has 0 bridgehead atoms. The summed E-state index contributed by atoms with van der Waals surface area (Å²) in [6.07, 6.45) is 1.05. The predicted molar refractivity (Wildman–Crippen MR) is 91.2 cm³/mol. The highest BCUT2D eigenvalue weighted by Gasteiger charge is 2.24. The molecule has 2 rings (SSSR count). The fraction of sp³-hybridized carbons (Fsp3) is 0.250. The molecule has 0 aliphatic carbocycles. The molecule has 1 unspecified atom stereocenters. The summed E-state index contributed by atoms with van der Waals surface area (Å²) in [5, 5.41) is 13.2. The maximum atomic E-state index is 12.3. The third-order valence-electron chi connectivity index (χ3n) is 3.61. The van der Waals surface area contributed by atoms with Gasteiger partial charge < -0.3 is 10.4 Å². The Morgan fingerprint density at radius 3 is 2.33 bits per heavy atom. The highest BCUT2D eigenvalue weighted by molar-refractivity contribution is 7.90. The van der Waals surface area contributed by atoms with Crippen molar-refractivity contribution < 1.29 is 23.1 Å². The van der Waals surface area contributed by atoms with Gasteiger partial charge in [0.05, 0.1) is 9.77 Å². The molecule has 128 valence electrons. The topological polar surface area (TPSA) is 101 Å². The molecule has 2 aromatic rings. The number of carboxylic acids is 1. The number of rotatable bonds is 5. The first kappa shape index (κ1) is 18.2. The molecule has 0 saturated carbocycles. The van der Waals surface area contributed by atoms with E-state index in [1.165, 1.54) is 11.4 Å². The Morgan fingerprint density at radius 1 is 1.17 bits per heavy atom. The average Bonchev–Trinajstić information content (AvgIpc) is 2.97. The first-order chi connectivity index (χ1) is 11.1. The van der Waals surface area contributed by atoms with E-state index in [-0.39, 0.29) is 9.77 Å². The van der Waals surface area contributed by atoms with Crippen LogP contribution in [0.3, 0.4) is 0 Å². The van der Waals surface area contributed by atoms with Gasteiger partial charge in [-0.15, -0.1) is 11.3 Å². The predicted octanol–water partition coefficient (Wildman–Crippen LogP) is 2.32. The van der Waals surface area contributed by atoms with Crippen LogP contribution in [0.15, 0.2) is 34.5 Å². The number of carbonyl (C=O) groups is 2. The van der Waals surface area contributed by atoms with E-state index in [1.54, 1.807) is 18.2 Å². The maximum absolute atomic E-state index is 12.3. The Kier molecular flexibility index (Phi) is 5.10. The number of benzene rings is 1. The van der Waals surface area contributed by atoms with E-state index in [2.05, 4.69) is 5.32 Å². The molecule has 0 radical (unpaired) electrons. The van der Waals surface area contributed by atoms with Crippen LogP contribution >= 0.6 is 11.3 Å². The molecule has 0 aliphatic heterocycles. The molecule has 24 heavy (non-hydrogen) atoms. The van der Waals surface area contributed by atoms with E-state index >= 15 is 0 Å². The van der Waals surface area contributed by atoms with Crippen LogP contribution in [0, 0.1) is 13.8 Å². The number of hydrogen-bond acceptors (Lipinski definition) is 5. The molecule has 1 aromatic carbocycles. The third-order valence-corrected chi connectivity index (χ3v) is 5.78. The molecule has 2 N–H and O–H groups in total. The summed E-state index contributed by atoms with van der Waals surface area (Å²) in [5.74, 6) is -1.81. The molecular formula is C16H17NO5S2. The molecule has 0 spiro atoms. The number of amides is 1. The summed E-state index contributed by atoms with van der Waals surface area (Å²) in [6.45, 7) is 3.77. The summed E-state index contributed by atoms with van der Waals surface area (Å²) in [7, 11) is -3.41. The number of carbonyl (C=O) groups excluding carboxylic acids is 1. The van der Waals surface area contributed by atoms with Crippen molar-refractivity contribution >= 4 is 33.1 Å². The second kappa shape index (κ2) is 6.74. The Morgan fingerprint density at radius 2 is 1.83 bits per heavy atom. The number of aliphatic carboxylic acids is 1. The second-order valence-corrected chi connectivity index (χ2v) is 8.43. The third kappa shape index (κ3) is 4.01. The number of sulfone groups is 1. The Bertz CT molecular complexity index is 899. The van der Waals surface area contributed by atoms with Crippen molar-refractivity contribution in [3.63, 3.8) is 0 Å². The van der Waals surface area contributed by atoms with Gasteiger partial charge in [0.1, 0.15) is 0 Å². The van der Waals surface area contributed by atoms with Gasteiger partial charge in [0, 0.05) is 11.6 Å². The molecule has 0 aliphatic rings. The largest absolute Gasteiger partial charge is 0.479 e. The van der Waals surface area contributed by atoms with Gasteiger partial charge in [0.15, 0.2) is 15.9 Å². The lowest BCUT2D eigenvalue weighted by molar-refractivity contribution is -0.139. The fourth-order valence-corrected chi connectivity index (χ4v) is 3.99. The molecule has 0 fully saturated rings. The van der Waals surface area contributed by atoms with Crippen LogP contribution in [0.2, 0.25) is 0 Å². The monoisotopic (exact) mass is 367 g/mol. The van der Waals surface area contributed by atoms with E-state index in [9.17, 15) is 23.1 Å². The lowest BCUT2D eigenvalue weighted by Gasteiger charge is -2.15. The smallest absolute Gasteiger partial charge is 0.330 e. The minimum atomic E-state index is -3.41. The summed E-state index contributed by atoms with van der Waals surface area (Å²) in [6, 6.07) is 5.19. The van der Waals surface area contributed by atoms with Gasteiger partial charge in [-0.1, -0.05) is 18.2 Å². The molecule has 1 amide bonds. The molecule has 8 heteroatoms. The van der Waals surface area contributed by atoms with Crippen molar-refractivity contribution in [3.05, 3.63) is 51.2 Å². The van der Waals surface area contributed by atoms with Crippen molar-refractivity contribution in [2.75, 3.05) is 6.26 Å². The van der Waals surface area contributed by atoms with Crippen LogP contribution in [0.5, 0.6) is 0 Å². The first-order valence-corrected chi connectivity index (χ1v) is 9.76. The van der Waals surface area contributed by atoms with Gasteiger partial charge >= 0.3 is 5.97 Å². The number of nitrogens with one attached hydrogen (secondary N) is 1. The van der Waals surface area contributed by atoms with Crippen LogP contribution in [0.4, 0.5) is 0 Å². The van der Waals surface area contributed by atoms with Gasteiger partial charge in [0.25, 0.3) is 5.91 Å². The maximum Gasteiger partial charge on any atom is 0.330 e. The molecule has 6 nitrogen and oxygen atoms in total. The van der Waals surface area contributed by atoms with Crippen molar-refractivity contribution in [1.29, 1.82) is 0 Å². The second-order valence-electron chi connectivity index (χ2n) is 5.51. The van der Waals surface area contributed by atoms with Crippen molar-refractivity contribution in [2.24, 2.45) is 0 Å². The number of aryl methyl sites for hydroxylation is 2. The van der Waals surface area contributed by atoms with E-state index < -0.39 is 27.8 Å². The zero-order valence-corrected chi connectivity index (χ0v) is 15.0. The lowest BCUT2D eigenvalue weighted by atomic mass is 10.0. The van der Waals surface area contributed by atoms with E-state index in [0.717, 1.165) is 28.7 Å². The van der Waals surface area contributed by atoms with Crippen LogP contribution in [0.25, 0.3) is 0 Å². The van der Waals surface area contributed by atoms with Crippen LogP contribution in [-0.4, -0.2) is 31.7 Å². The van der Waals surface area contributed by atoms with Gasteiger partial charge in [-0.2, -0.15) is 0 Å². The normalized spacial score (nSPS) is 12.6. The molecular weight excluding hydrogens is 350 g/mol. The average molecular weight is 367 g/mol. The fourth-order valence-electron chi connectivity index (χ4n) is 2.07. The minimum Gasteiger partial charge on any atom is -0.479 e. The van der Waals surface area contributed by atoms with Crippen molar-refractivity contribution in [3.8, 4) is 0 Å². The quantitative estimate of drug-likeness (QED) is 0.845. The number of hydrogen-bond donors (Lipinski definition) is 2. The summed E-state index contributed by atoms with van der Waals surface area (Å²) in [4.78, 5) is 24.0. The van der Waals surface area contributed by atoms with Gasteiger partial charge in [-0.05, 0) is 36.6 Å². The Hall–Kier alpha value is -2.19. The van der Waals surface area contributed by atoms with Gasteiger partial charge in [-0.3, -0.25) is 4.79 Å². The lowest BCUT2D eigenvalue weighted by Crippen LogP contribution is -2.33. The van der Waals surface area contributed by atoms with Gasteiger partial charge in [-0.25, -0.2) is 13.2 Å². The van der Waals surface area contributed by atoms with Crippen molar-refractivity contribution in [2.45, 2.75) is 24.8 Å².